The summed E-state index contributed by atoms with van der Waals surface area (Å²) in [6.45, 7) is 1.73. The molecule has 1 aliphatic rings. The zero-order chi connectivity index (χ0) is 17.7. The molecule has 2 atom stereocenters. The predicted octanol–water partition coefficient (Wildman–Crippen LogP) is 3.48. The summed E-state index contributed by atoms with van der Waals surface area (Å²) in [7, 11) is 0. The van der Waals surface area contributed by atoms with E-state index >= 15 is 0 Å². The average Bonchev–Trinajstić information content (AvgIpc) is 3.05. The lowest BCUT2D eigenvalue weighted by Gasteiger charge is -2.19. The highest BCUT2D eigenvalue weighted by molar-refractivity contribution is 6.42. The quantitative estimate of drug-likeness (QED) is 0.731. The fourth-order valence-electron chi connectivity index (χ4n) is 3.35. The van der Waals surface area contributed by atoms with Crippen molar-refractivity contribution in [3.63, 3.8) is 0 Å². The molecule has 0 radical (unpaired) electrons. The second-order valence-electron chi connectivity index (χ2n) is 6.14. The van der Waals surface area contributed by atoms with Gasteiger partial charge < -0.3 is 14.9 Å². The van der Waals surface area contributed by atoms with Crippen LogP contribution in [0, 0.1) is 6.92 Å². The summed E-state index contributed by atoms with van der Waals surface area (Å²) in [5.41, 5.74) is 3.80. The summed E-state index contributed by atoms with van der Waals surface area (Å²) in [4.78, 5) is 4.49. The Morgan fingerprint density at radius 3 is 2.84 bits per heavy atom. The molecule has 2 heterocycles. The van der Waals surface area contributed by atoms with Crippen LogP contribution in [0.5, 0.6) is 5.75 Å². The molecule has 0 bridgehead atoms. The maximum Gasteiger partial charge on any atom is 0.180 e. The second-order valence-corrected chi connectivity index (χ2v) is 6.96. The van der Waals surface area contributed by atoms with Crippen LogP contribution in [0.15, 0.2) is 30.5 Å². The molecule has 1 aromatic carbocycles. The molecule has 0 saturated heterocycles. The summed E-state index contributed by atoms with van der Waals surface area (Å²) >= 11 is 12.2. The summed E-state index contributed by atoms with van der Waals surface area (Å²) in [5.74, 6) is 0.535. The molecule has 2 unspecified atom stereocenters. The number of pyridine rings is 1. The Hall–Kier alpha value is -1.79. The van der Waals surface area contributed by atoms with Crippen LogP contribution in [0.4, 0.5) is 0 Å². The lowest BCUT2D eigenvalue weighted by molar-refractivity contribution is 0.0502. The third kappa shape index (κ3) is 2.68. The standard InChI is InChI=1S/C18H16Cl2N2O3/c1-9-14(8-23)22-4-2-3-16(18(22)21-9)25-17-11-7-13(20)12(19)5-10(11)6-15(17)24/h2-5,7,15,17,23-24H,6,8H2,1H3. The van der Waals surface area contributed by atoms with Gasteiger partial charge in [-0.2, -0.15) is 0 Å². The summed E-state index contributed by atoms with van der Waals surface area (Å²) in [6, 6.07) is 7.14. The molecule has 130 valence electrons. The fourth-order valence-corrected chi connectivity index (χ4v) is 3.71. The second kappa shape index (κ2) is 6.18. The molecule has 7 heteroatoms. The van der Waals surface area contributed by atoms with Gasteiger partial charge in [-0.3, -0.25) is 4.40 Å². The number of fused-ring (bicyclic) bond motifs is 2. The predicted molar refractivity (Wildman–Crippen MR) is 95.4 cm³/mol. The van der Waals surface area contributed by atoms with Gasteiger partial charge in [0.1, 0.15) is 0 Å². The highest BCUT2D eigenvalue weighted by atomic mass is 35.5. The van der Waals surface area contributed by atoms with Crippen molar-refractivity contribution in [2.45, 2.75) is 32.2 Å². The van der Waals surface area contributed by atoms with Crippen molar-refractivity contribution in [1.82, 2.24) is 9.38 Å². The Bertz CT molecular complexity index is 971. The van der Waals surface area contributed by atoms with E-state index in [0.29, 0.717) is 33.6 Å². The van der Waals surface area contributed by atoms with Gasteiger partial charge in [0, 0.05) is 12.6 Å². The van der Waals surface area contributed by atoms with Crippen LogP contribution in [0.1, 0.15) is 28.6 Å². The minimum absolute atomic E-state index is 0.112. The van der Waals surface area contributed by atoms with E-state index in [4.69, 9.17) is 27.9 Å². The van der Waals surface area contributed by atoms with Crippen molar-refractivity contribution in [1.29, 1.82) is 0 Å². The highest BCUT2D eigenvalue weighted by Gasteiger charge is 2.34. The van der Waals surface area contributed by atoms with Gasteiger partial charge in [0.2, 0.25) is 0 Å². The summed E-state index contributed by atoms with van der Waals surface area (Å²) in [6.07, 6.45) is 1.03. The number of aliphatic hydroxyl groups excluding tert-OH is 2. The zero-order valence-corrected chi connectivity index (χ0v) is 14.9. The number of halogens is 2. The topological polar surface area (TPSA) is 67.0 Å². The van der Waals surface area contributed by atoms with E-state index in [0.717, 1.165) is 16.8 Å². The van der Waals surface area contributed by atoms with Gasteiger partial charge in [-0.15, -0.1) is 0 Å². The molecule has 2 N–H and O–H groups in total. The lowest BCUT2D eigenvalue weighted by Crippen LogP contribution is -2.19. The zero-order valence-electron chi connectivity index (χ0n) is 13.4. The SMILES string of the molecule is Cc1nc2c(OC3c4cc(Cl)c(Cl)cc4CC3O)cccn2c1CO. The van der Waals surface area contributed by atoms with E-state index in [1.165, 1.54) is 0 Å². The Kier molecular flexibility index (Phi) is 4.12. The van der Waals surface area contributed by atoms with Gasteiger partial charge >= 0.3 is 0 Å². The lowest BCUT2D eigenvalue weighted by atomic mass is 10.1. The molecule has 0 fully saturated rings. The number of aliphatic hydroxyl groups is 2. The Morgan fingerprint density at radius 2 is 2.08 bits per heavy atom. The molecular formula is C18H16Cl2N2O3. The van der Waals surface area contributed by atoms with E-state index in [1.807, 2.05) is 19.2 Å². The molecule has 4 rings (SSSR count). The Morgan fingerprint density at radius 1 is 1.32 bits per heavy atom. The summed E-state index contributed by atoms with van der Waals surface area (Å²) < 4.78 is 7.91. The molecule has 0 spiro atoms. The number of imidazole rings is 1. The smallest absolute Gasteiger partial charge is 0.180 e. The molecule has 25 heavy (non-hydrogen) atoms. The first-order chi connectivity index (χ1) is 12.0. The maximum absolute atomic E-state index is 10.5. The van der Waals surface area contributed by atoms with Crippen molar-refractivity contribution in [2.24, 2.45) is 0 Å². The van der Waals surface area contributed by atoms with Crippen LogP contribution >= 0.6 is 23.2 Å². The van der Waals surface area contributed by atoms with E-state index in [9.17, 15) is 10.2 Å². The van der Waals surface area contributed by atoms with Crippen molar-refractivity contribution in [2.75, 3.05) is 0 Å². The van der Waals surface area contributed by atoms with E-state index in [1.54, 1.807) is 22.6 Å². The number of rotatable bonds is 3. The maximum atomic E-state index is 10.5. The van der Waals surface area contributed by atoms with E-state index in [2.05, 4.69) is 4.98 Å². The number of ether oxygens (including phenoxy) is 1. The number of nitrogens with zero attached hydrogens (tertiary/aromatic N) is 2. The normalized spacial score (nSPS) is 19.4. The van der Waals surface area contributed by atoms with Gasteiger partial charge in [0.15, 0.2) is 17.5 Å². The highest BCUT2D eigenvalue weighted by Crippen LogP contribution is 2.40. The molecular weight excluding hydrogens is 363 g/mol. The minimum atomic E-state index is -0.696. The van der Waals surface area contributed by atoms with Gasteiger partial charge in [-0.1, -0.05) is 23.2 Å². The minimum Gasteiger partial charge on any atom is -0.479 e. The van der Waals surface area contributed by atoms with Gasteiger partial charge in [0.25, 0.3) is 0 Å². The summed E-state index contributed by atoms with van der Waals surface area (Å²) in [5, 5.41) is 20.9. The number of aryl methyl sites for hydroxylation is 1. The van der Waals surface area contributed by atoms with Crippen LogP contribution in [-0.2, 0) is 13.0 Å². The van der Waals surface area contributed by atoms with Crippen LogP contribution in [-0.4, -0.2) is 25.7 Å². The van der Waals surface area contributed by atoms with Gasteiger partial charge in [-0.25, -0.2) is 4.98 Å². The van der Waals surface area contributed by atoms with E-state index in [-0.39, 0.29) is 6.61 Å². The first kappa shape index (κ1) is 16.7. The number of aromatic nitrogens is 2. The molecule has 0 saturated carbocycles. The van der Waals surface area contributed by atoms with Crippen LogP contribution in [0.25, 0.3) is 5.65 Å². The van der Waals surface area contributed by atoms with Crippen molar-refractivity contribution in [3.8, 4) is 5.75 Å². The van der Waals surface area contributed by atoms with Gasteiger partial charge in [-0.05, 0) is 42.3 Å². The molecule has 0 amide bonds. The fraction of sp³-hybridized carbons (Fsp3) is 0.278. The number of benzene rings is 1. The Balaban J connectivity index is 1.77. The number of hydrogen-bond donors (Lipinski definition) is 2. The average molecular weight is 379 g/mol. The van der Waals surface area contributed by atoms with Crippen LogP contribution in [0.2, 0.25) is 10.0 Å². The van der Waals surface area contributed by atoms with Crippen molar-refractivity contribution < 1.29 is 14.9 Å². The van der Waals surface area contributed by atoms with Gasteiger partial charge in [0.05, 0.1) is 34.1 Å². The largest absolute Gasteiger partial charge is 0.479 e. The van der Waals surface area contributed by atoms with Crippen LogP contribution < -0.4 is 4.74 Å². The molecule has 3 aromatic rings. The molecule has 5 nitrogen and oxygen atoms in total. The molecule has 2 aromatic heterocycles. The third-order valence-corrected chi connectivity index (χ3v) is 5.31. The molecule has 1 aliphatic carbocycles. The van der Waals surface area contributed by atoms with E-state index < -0.39 is 12.2 Å². The number of hydrogen-bond acceptors (Lipinski definition) is 4. The monoisotopic (exact) mass is 378 g/mol. The van der Waals surface area contributed by atoms with Crippen LogP contribution in [0.3, 0.4) is 0 Å². The first-order valence-corrected chi connectivity index (χ1v) is 8.65. The first-order valence-electron chi connectivity index (χ1n) is 7.89. The van der Waals surface area contributed by atoms with Crippen molar-refractivity contribution in [3.05, 3.63) is 63.0 Å². The third-order valence-electron chi connectivity index (χ3n) is 4.58. The molecule has 0 aliphatic heterocycles. The van der Waals surface area contributed by atoms with Crippen molar-refractivity contribution >= 4 is 28.8 Å². The Labute approximate surface area is 154 Å².